The Balaban J connectivity index is 2.48. The molecule has 112 valence electrons. The summed E-state index contributed by atoms with van der Waals surface area (Å²) < 4.78 is 5.13. The van der Waals surface area contributed by atoms with Crippen LogP contribution in [-0.2, 0) is 9.53 Å². The molecule has 1 unspecified atom stereocenters. The molecule has 1 rings (SSSR count). The first-order valence-corrected chi connectivity index (χ1v) is 7.23. The Morgan fingerprint density at radius 2 is 2.20 bits per heavy atom. The second-order valence-corrected chi connectivity index (χ2v) is 5.27. The van der Waals surface area contributed by atoms with Crippen LogP contribution in [0, 0.1) is 6.92 Å². The molecule has 20 heavy (non-hydrogen) atoms. The number of hydrogen-bond acceptors (Lipinski definition) is 3. The van der Waals surface area contributed by atoms with Crippen LogP contribution in [0.1, 0.15) is 25.3 Å². The summed E-state index contributed by atoms with van der Waals surface area (Å²) in [6.07, 6.45) is 2.04. The van der Waals surface area contributed by atoms with E-state index in [1.807, 2.05) is 13.0 Å². The number of methoxy groups -OCH3 is 1. The van der Waals surface area contributed by atoms with Gasteiger partial charge in [-0.3, -0.25) is 4.79 Å². The maximum atomic E-state index is 11.9. The van der Waals surface area contributed by atoms with E-state index in [0.29, 0.717) is 11.6 Å². The molecule has 0 aliphatic heterocycles. The van der Waals surface area contributed by atoms with Crippen LogP contribution >= 0.6 is 11.6 Å². The van der Waals surface area contributed by atoms with Crippen molar-refractivity contribution in [3.05, 3.63) is 28.8 Å². The zero-order valence-electron chi connectivity index (χ0n) is 12.3. The lowest BCUT2D eigenvalue weighted by Gasteiger charge is -2.17. The number of hydrogen-bond donors (Lipinski definition) is 2. The van der Waals surface area contributed by atoms with Gasteiger partial charge in [-0.1, -0.05) is 31.0 Å². The lowest BCUT2D eigenvalue weighted by Crippen LogP contribution is -2.38. The summed E-state index contributed by atoms with van der Waals surface area (Å²) in [5.41, 5.74) is 1.74. The van der Waals surface area contributed by atoms with E-state index in [9.17, 15) is 4.79 Å². The fourth-order valence-electron chi connectivity index (χ4n) is 1.95. The minimum atomic E-state index is -0.0763. The normalized spacial score (nSPS) is 12.2. The van der Waals surface area contributed by atoms with Gasteiger partial charge in [0, 0.05) is 23.9 Å². The molecule has 1 atom stereocenters. The molecular weight excluding hydrogens is 276 g/mol. The van der Waals surface area contributed by atoms with Crippen LogP contribution in [0.15, 0.2) is 18.2 Å². The fourth-order valence-corrected chi connectivity index (χ4v) is 2.13. The molecule has 0 saturated heterocycles. The highest BCUT2D eigenvalue weighted by Gasteiger charge is 2.10. The Kier molecular flexibility index (Phi) is 7.59. The number of carbonyl (C=O) groups is 1. The van der Waals surface area contributed by atoms with Crippen molar-refractivity contribution in [2.45, 2.75) is 32.7 Å². The monoisotopic (exact) mass is 298 g/mol. The molecule has 5 heteroatoms. The number of ether oxygens (including phenoxy) is 1. The summed E-state index contributed by atoms with van der Waals surface area (Å²) in [4.78, 5) is 11.9. The smallest absolute Gasteiger partial charge is 0.238 e. The molecule has 0 aliphatic rings. The van der Waals surface area contributed by atoms with Gasteiger partial charge in [0.1, 0.15) is 0 Å². The van der Waals surface area contributed by atoms with Crippen molar-refractivity contribution in [2.24, 2.45) is 0 Å². The maximum Gasteiger partial charge on any atom is 0.238 e. The van der Waals surface area contributed by atoms with Gasteiger partial charge < -0.3 is 15.4 Å². The quantitative estimate of drug-likeness (QED) is 0.776. The number of carbonyl (C=O) groups excluding carboxylic acids is 1. The van der Waals surface area contributed by atoms with E-state index < -0.39 is 0 Å². The average Bonchev–Trinajstić information content (AvgIpc) is 2.41. The summed E-state index contributed by atoms with van der Waals surface area (Å²) in [7, 11) is 1.67. The number of amides is 1. The van der Waals surface area contributed by atoms with Gasteiger partial charge in [0.05, 0.1) is 13.2 Å². The van der Waals surface area contributed by atoms with Crippen molar-refractivity contribution in [3.63, 3.8) is 0 Å². The van der Waals surface area contributed by atoms with Crippen molar-refractivity contribution in [1.82, 2.24) is 5.32 Å². The predicted octanol–water partition coefficient (Wildman–Crippen LogP) is 2.99. The van der Waals surface area contributed by atoms with Crippen LogP contribution in [0.3, 0.4) is 0 Å². The lowest BCUT2D eigenvalue weighted by molar-refractivity contribution is -0.115. The highest BCUT2D eigenvalue weighted by Crippen LogP contribution is 2.19. The number of rotatable bonds is 8. The number of aryl methyl sites for hydroxylation is 1. The van der Waals surface area contributed by atoms with Gasteiger partial charge in [0.2, 0.25) is 5.91 Å². The number of anilines is 1. The van der Waals surface area contributed by atoms with Crippen LogP contribution in [0.4, 0.5) is 5.69 Å². The van der Waals surface area contributed by atoms with E-state index in [1.54, 1.807) is 19.2 Å². The van der Waals surface area contributed by atoms with Crippen LogP contribution < -0.4 is 10.6 Å². The molecular formula is C15H23ClN2O2. The van der Waals surface area contributed by atoms with Crippen molar-refractivity contribution >= 4 is 23.2 Å². The number of halogens is 1. The van der Waals surface area contributed by atoms with Gasteiger partial charge in [0.15, 0.2) is 0 Å². The maximum absolute atomic E-state index is 11.9. The minimum Gasteiger partial charge on any atom is -0.383 e. The van der Waals surface area contributed by atoms with E-state index in [0.717, 1.165) is 24.1 Å². The summed E-state index contributed by atoms with van der Waals surface area (Å²) in [6.45, 7) is 4.92. The first-order chi connectivity index (χ1) is 9.56. The Hall–Kier alpha value is -1.10. The summed E-state index contributed by atoms with van der Waals surface area (Å²) in [5.74, 6) is -0.0763. The molecule has 1 aromatic rings. The van der Waals surface area contributed by atoms with Crippen molar-refractivity contribution in [3.8, 4) is 0 Å². The molecule has 1 aromatic carbocycles. The molecule has 0 heterocycles. The van der Waals surface area contributed by atoms with Crippen LogP contribution in [0.2, 0.25) is 5.02 Å². The number of benzene rings is 1. The van der Waals surface area contributed by atoms with Crippen LogP contribution in [0.5, 0.6) is 0 Å². The summed E-state index contributed by atoms with van der Waals surface area (Å²) >= 11 is 5.93. The standard InChI is InChI=1S/C15H23ClN2O2/c1-4-5-13(10-20-3)17-9-15(19)18-14-8-12(16)7-6-11(14)2/h6-8,13,17H,4-5,9-10H2,1-3H3,(H,18,19). The molecule has 0 bridgehead atoms. The first kappa shape index (κ1) is 17.0. The van der Waals surface area contributed by atoms with E-state index in [4.69, 9.17) is 16.3 Å². The van der Waals surface area contributed by atoms with E-state index in [-0.39, 0.29) is 18.5 Å². The van der Waals surface area contributed by atoms with Gasteiger partial charge in [-0.05, 0) is 31.0 Å². The minimum absolute atomic E-state index is 0.0763. The second kappa shape index (κ2) is 8.95. The van der Waals surface area contributed by atoms with Crippen LogP contribution in [-0.4, -0.2) is 32.2 Å². The molecule has 0 fully saturated rings. The Morgan fingerprint density at radius 1 is 1.45 bits per heavy atom. The number of nitrogens with one attached hydrogen (secondary N) is 2. The van der Waals surface area contributed by atoms with E-state index in [2.05, 4.69) is 17.6 Å². The zero-order valence-corrected chi connectivity index (χ0v) is 13.1. The molecule has 1 amide bonds. The SMILES string of the molecule is CCCC(COC)NCC(=O)Nc1cc(Cl)ccc1C. The van der Waals surface area contributed by atoms with Gasteiger partial charge in [-0.15, -0.1) is 0 Å². The van der Waals surface area contributed by atoms with Crippen LogP contribution in [0.25, 0.3) is 0 Å². The predicted molar refractivity (Wildman–Crippen MR) is 83.4 cm³/mol. The van der Waals surface area contributed by atoms with E-state index >= 15 is 0 Å². The third-order valence-corrected chi connectivity index (χ3v) is 3.27. The van der Waals surface area contributed by atoms with Crippen molar-refractivity contribution in [1.29, 1.82) is 0 Å². The topological polar surface area (TPSA) is 50.4 Å². The molecule has 0 saturated carbocycles. The summed E-state index contributed by atoms with van der Waals surface area (Å²) in [6, 6.07) is 5.65. The van der Waals surface area contributed by atoms with Gasteiger partial charge in [0.25, 0.3) is 0 Å². The van der Waals surface area contributed by atoms with Gasteiger partial charge in [-0.2, -0.15) is 0 Å². The highest BCUT2D eigenvalue weighted by molar-refractivity contribution is 6.31. The largest absolute Gasteiger partial charge is 0.383 e. The van der Waals surface area contributed by atoms with Gasteiger partial charge >= 0.3 is 0 Å². The second-order valence-electron chi connectivity index (χ2n) is 4.83. The molecule has 0 aliphatic carbocycles. The molecule has 0 spiro atoms. The third kappa shape index (κ3) is 5.90. The fraction of sp³-hybridized carbons (Fsp3) is 0.533. The summed E-state index contributed by atoms with van der Waals surface area (Å²) in [5, 5.41) is 6.68. The van der Waals surface area contributed by atoms with Gasteiger partial charge in [-0.25, -0.2) is 0 Å². The van der Waals surface area contributed by atoms with Crippen molar-refractivity contribution in [2.75, 3.05) is 25.6 Å². The van der Waals surface area contributed by atoms with Crippen molar-refractivity contribution < 1.29 is 9.53 Å². The average molecular weight is 299 g/mol. The molecule has 0 radical (unpaired) electrons. The highest BCUT2D eigenvalue weighted by atomic mass is 35.5. The molecule has 4 nitrogen and oxygen atoms in total. The Labute approximate surface area is 125 Å². The third-order valence-electron chi connectivity index (χ3n) is 3.03. The zero-order chi connectivity index (χ0) is 15.0. The molecule has 0 aromatic heterocycles. The Morgan fingerprint density at radius 3 is 2.85 bits per heavy atom. The van der Waals surface area contributed by atoms with E-state index in [1.165, 1.54) is 0 Å². The Bertz CT molecular complexity index is 432. The first-order valence-electron chi connectivity index (χ1n) is 6.85. The lowest BCUT2D eigenvalue weighted by atomic mass is 10.2. The molecule has 2 N–H and O–H groups in total.